The van der Waals surface area contributed by atoms with Crippen molar-refractivity contribution in [3.8, 4) is 0 Å². The van der Waals surface area contributed by atoms with Gasteiger partial charge in [-0.2, -0.15) is 0 Å². The van der Waals surface area contributed by atoms with Crippen LogP contribution in [0.2, 0.25) is 0 Å². The van der Waals surface area contributed by atoms with Crippen LogP contribution in [0.4, 0.5) is 0 Å². The third kappa shape index (κ3) is 2.10. The van der Waals surface area contributed by atoms with Crippen molar-refractivity contribution in [3.63, 3.8) is 0 Å². The Morgan fingerprint density at radius 3 is 2.85 bits per heavy atom. The number of thiazole rings is 1. The topological polar surface area (TPSA) is 59.0 Å². The van der Waals surface area contributed by atoms with Gasteiger partial charge in [0, 0.05) is 23.0 Å². The van der Waals surface area contributed by atoms with Gasteiger partial charge in [0.05, 0.1) is 6.54 Å². The third-order valence-corrected chi connectivity index (χ3v) is 4.26. The first-order valence-corrected chi connectivity index (χ1v) is 7.15. The van der Waals surface area contributed by atoms with E-state index in [1.807, 2.05) is 42.1 Å². The van der Waals surface area contributed by atoms with Gasteiger partial charge in [-0.25, -0.2) is 4.79 Å². The number of rotatable bonds is 2. The van der Waals surface area contributed by atoms with Crippen LogP contribution >= 0.6 is 11.3 Å². The highest BCUT2D eigenvalue weighted by Gasteiger charge is 2.10. The summed E-state index contributed by atoms with van der Waals surface area (Å²) in [5.41, 5.74) is 3.28. The van der Waals surface area contributed by atoms with Crippen LogP contribution in [0, 0.1) is 19.3 Å². The minimum atomic E-state index is -0.344. The van der Waals surface area contributed by atoms with E-state index in [4.69, 9.17) is 9.83 Å². The second-order valence-electron chi connectivity index (χ2n) is 4.81. The first-order valence-electron chi connectivity index (χ1n) is 6.28. The zero-order valence-corrected chi connectivity index (χ0v) is 12.1. The van der Waals surface area contributed by atoms with Gasteiger partial charge in [0.25, 0.3) is 0 Å². The lowest BCUT2D eigenvalue weighted by Crippen LogP contribution is -2.14. The standard InChI is InChI=1S/C15H14N2O2S/c1-9-3-4-12-11(8-17-5-6-20-15(17)16)7-13(18)19-14(12)10(9)2/h3-7,16H,8H2,1-2H3. The minimum Gasteiger partial charge on any atom is -0.422 e. The normalized spacial score (nSPS) is 11.1. The molecule has 0 radical (unpaired) electrons. The molecule has 102 valence electrons. The van der Waals surface area contributed by atoms with Crippen LogP contribution in [0.1, 0.15) is 16.7 Å². The maximum absolute atomic E-state index is 11.8. The average molecular weight is 286 g/mol. The van der Waals surface area contributed by atoms with E-state index in [1.165, 1.54) is 17.4 Å². The average Bonchev–Trinajstić information content (AvgIpc) is 2.80. The molecule has 20 heavy (non-hydrogen) atoms. The monoisotopic (exact) mass is 286 g/mol. The maximum Gasteiger partial charge on any atom is 0.336 e. The molecule has 0 atom stereocenters. The van der Waals surface area contributed by atoms with E-state index in [-0.39, 0.29) is 5.63 Å². The van der Waals surface area contributed by atoms with E-state index < -0.39 is 0 Å². The summed E-state index contributed by atoms with van der Waals surface area (Å²) in [7, 11) is 0. The zero-order valence-electron chi connectivity index (χ0n) is 11.3. The Morgan fingerprint density at radius 1 is 1.35 bits per heavy atom. The van der Waals surface area contributed by atoms with E-state index in [0.29, 0.717) is 16.9 Å². The Bertz CT molecular complexity index is 902. The molecule has 0 saturated heterocycles. The number of aromatic nitrogens is 1. The highest BCUT2D eigenvalue weighted by Crippen LogP contribution is 2.23. The van der Waals surface area contributed by atoms with Crippen molar-refractivity contribution < 1.29 is 4.42 Å². The van der Waals surface area contributed by atoms with Gasteiger partial charge in [-0.3, -0.25) is 5.41 Å². The molecular weight excluding hydrogens is 272 g/mol. The van der Waals surface area contributed by atoms with Crippen LogP contribution in [-0.2, 0) is 6.54 Å². The van der Waals surface area contributed by atoms with E-state index in [0.717, 1.165) is 22.1 Å². The third-order valence-electron chi connectivity index (χ3n) is 3.54. The van der Waals surface area contributed by atoms with Gasteiger partial charge in [-0.1, -0.05) is 12.1 Å². The maximum atomic E-state index is 11.8. The fourth-order valence-corrected chi connectivity index (χ4v) is 2.86. The van der Waals surface area contributed by atoms with Crippen molar-refractivity contribution in [2.45, 2.75) is 20.4 Å². The van der Waals surface area contributed by atoms with E-state index >= 15 is 0 Å². The van der Waals surface area contributed by atoms with Crippen molar-refractivity contribution in [3.05, 3.63) is 61.7 Å². The molecule has 1 aromatic carbocycles. The van der Waals surface area contributed by atoms with Crippen LogP contribution in [0.15, 0.2) is 39.0 Å². The first kappa shape index (κ1) is 12.9. The van der Waals surface area contributed by atoms with Gasteiger partial charge >= 0.3 is 5.63 Å². The molecule has 0 aliphatic heterocycles. The summed E-state index contributed by atoms with van der Waals surface area (Å²) in [6.07, 6.45) is 1.86. The molecule has 0 aliphatic carbocycles. The Morgan fingerprint density at radius 2 is 2.15 bits per heavy atom. The van der Waals surface area contributed by atoms with Crippen molar-refractivity contribution in [1.29, 1.82) is 5.41 Å². The van der Waals surface area contributed by atoms with Crippen molar-refractivity contribution >= 4 is 22.3 Å². The Balaban J connectivity index is 2.26. The minimum absolute atomic E-state index is 0.344. The number of benzene rings is 1. The summed E-state index contributed by atoms with van der Waals surface area (Å²) >= 11 is 1.37. The van der Waals surface area contributed by atoms with Gasteiger partial charge in [0.15, 0.2) is 4.80 Å². The molecule has 3 aromatic rings. The lowest BCUT2D eigenvalue weighted by molar-refractivity contribution is 0.555. The molecule has 2 heterocycles. The first-order chi connectivity index (χ1) is 9.56. The Labute approximate surface area is 119 Å². The van der Waals surface area contributed by atoms with Crippen molar-refractivity contribution in [2.24, 2.45) is 0 Å². The molecular formula is C15H14N2O2S. The molecule has 0 aliphatic rings. The number of hydrogen-bond acceptors (Lipinski definition) is 4. The Kier molecular flexibility index (Phi) is 3.06. The molecule has 5 heteroatoms. The summed E-state index contributed by atoms with van der Waals surface area (Å²) in [5, 5.41) is 10.6. The summed E-state index contributed by atoms with van der Waals surface area (Å²) < 4.78 is 7.17. The summed E-state index contributed by atoms with van der Waals surface area (Å²) in [6, 6.07) is 5.52. The molecule has 0 spiro atoms. The highest BCUT2D eigenvalue weighted by atomic mass is 32.1. The fraction of sp³-hybridized carbons (Fsp3) is 0.200. The second kappa shape index (κ2) is 4.76. The van der Waals surface area contributed by atoms with Gasteiger partial charge in [-0.15, -0.1) is 11.3 Å². The highest BCUT2D eigenvalue weighted by molar-refractivity contribution is 7.06. The molecule has 0 saturated carbocycles. The van der Waals surface area contributed by atoms with Gasteiger partial charge in [-0.05, 0) is 30.5 Å². The lowest BCUT2D eigenvalue weighted by atomic mass is 10.0. The predicted octanol–water partition coefficient (Wildman–Crippen LogP) is 2.80. The second-order valence-corrected chi connectivity index (χ2v) is 5.71. The summed E-state index contributed by atoms with van der Waals surface area (Å²) in [4.78, 5) is 12.2. The molecule has 0 unspecified atom stereocenters. The molecule has 3 rings (SSSR count). The summed E-state index contributed by atoms with van der Waals surface area (Å²) in [5.74, 6) is 0. The van der Waals surface area contributed by atoms with Crippen LogP contribution in [0.25, 0.3) is 11.0 Å². The lowest BCUT2D eigenvalue weighted by Gasteiger charge is -2.09. The predicted molar refractivity (Wildman–Crippen MR) is 79.2 cm³/mol. The number of nitrogens with one attached hydrogen (secondary N) is 1. The smallest absolute Gasteiger partial charge is 0.336 e. The number of aryl methyl sites for hydroxylation is 2. The van der Waals surface area contributed by atoms with E-state index in [2.05, 4.69) is 0 Å². The molecule has 2 aromatic heterocycles. The quantitative estimate of drug-likeness (QED) is 0.736. The Hall–Kier alpha value is -2.14. The van der Waals surface area contributed by atoms with Crippen molar-refractivity contribution in [2.75, 3.05) is 0 Å². The van der Waals surface area contributed by atoms with E-state index in [1.54, 1.807) is 0 Å². The number of nitrogens with zero attached hydrogens (tertiary/aromatic N) is 1. The van der Waals surface area contributed by atoms with Crippen molar-refractivity contribution in [1.82, 2.24) is 4.57 Å². The van der Waals surface area contributed by atoms with Crippen LogP contribution in [0.3, 0.4) is 0 Å². The van der Waals surface area contributed by atoms with E-state index in [9.17, 15) is 4.79 Å². The molecule has 1 N–H and O–H groups in total. The molecule has 0 bridgehead atoms. The van der Waals surface area contributed by atoms with Crippen LogP contribution < -0.4 is 10.4 Å². The number of fused-ring (bicyclic) bond motifs is 1. The van der Waals surface area contributed by atoms with Gasteiger partial charge in [0.1, 0.15) is 5.58 Å². The van der Waals surface area contributed by atoms with Gasteiger partial charge in [0.2, 0.25) is 0 Å². The largest absolute Gasteiger partial charge is 0.422 e. The van der Waals surface area contributed by atoms with Crippen LogP contribution in [0.5, 0.6) is 0 Å². The zero-order chi connectivity index (χ0) is 14.3. The van der Waals surface area contributed by atoms with Crippen LogP contribution in [-0.4, -0.2) is 4.57 Å². The number of hydrogen-bond donors (Lipinski definition) is 1. The summed E-state index contributed by atoms with van der Waals surface area (Å²) in [6.45, 7) is 4.46. The molecule has 0 fully saturated rings. The SMILES string of the molecule is Cc1ccc2c(Cn3ccsc3=N)cc(=O)oc2c1C. The molecule has 0 amide bonds. The van der Waals surface area contributed by atoms with Gasteiger partial charge < -0.3 is 8.98 Å². The fourth-order valence-electron chi connectivity index (χ4n) is 2.27. The molecule has 4 nitrogen and oxygen atoms in total.